The Morgan fingerprint density at radius 1 is 1.44 bits per heavy atom. The van der Waals surface area contributed by atoms with Gasteiger partial charge >= 0.3 is 6.03 Å². The Morgan fingerprint density at radius 3 is 2.64 bits per heavy atom. The minimum absolute atomic E-state index is 0.133. The molecule has 1 aromatic heterocycles. The van der Waals surface area contributed by atoms with Gasteiger partial charge in [-0.1, -0.05) is 25.9 Å². The number of aromatic nitrogens is 2. The molecule has 1 saturated heterocycles. The maximum Gasteiger partial charge on any atom is 0.317 e. The number of amides is 2. The van der Waals surface area contributed by atoms with Gasteiger partial charge in [-0.3, -0.25) is 0 Å². The summed E-state index contributed by atoms with van der Waals surface area (Å²) < 4.78 is 30.7. The molecule has 0 radical (unpaired) electrons. The second-order valence-corrected chi connectivity index (χ2v) is 8.55. The molecular formula is C15H27N5O4S. The van der Waals surface area contributed by atoms with Crippen LogP contribution in [-0.4, -0.2) is 72.3 Å². The highest BCUT2D eigenvalue weighted by Gasteiger charge is 2.38. The molecule has 9 nitrogen and oxygen atoms in total. The number of nitrogens with one attached hydrogen (secondary N) is 1. The van der Waals surface area contributed by atoms with E-state index in [1.807, 2.05) is 20.8 Å². The number of carbonyl (C=O) groups is 1. The van der Waals surface area contributed by atoms with Crippen molar-refractivity contribution in [3.8, 4) is 0 Å². The number of nitrogens with zero attached hydrogens (tertiary/aromatic N) is 4. The van der Waals surface area contributed by atoms with E-state index in [9.17, 15) is 13.2 Å². The van der Waals surface area contributed by atoms with E-state index in [-0.39, 0.29) is 24.5 Å². The zero-order valence-corrected chi connectivity index (χ0v) is 16.0. The molecule has 1 N–H and O–H groups in total. The molecule has 0 saturated carbocycles. The lowest BCUT2D eigenvalue weighted by Crippen LogP contribution is -2.64. The highest BCUT2D eigenvalue weighted by atomic mass is 32.2. The maximum absolute atomic E-state index is 12.1. The summed E-state index contributed by atoms with van der Waals surface area (Å²) in [5.41, 5.74) is 0. The molecule has 1 aromatic rings. The first-order valence-electron chi connectivity index (χ1n) is 8.54. The lowest BCUT2D eigenvalue weighted by molar-refractivity contribution is 0.101. The summed E-state index contributed by atoms with van der Waals surface area (Å²) in [4.78, 5) is 17.7. The third-order valence-electron chi connectivity index (χ3n) is 4.04. The highest BCUT2D eigenvalue weighted by Crippen LogP contribution is 2.19. The number of rotatable bonds is 8. The summed E-state index contributed by atoms with van der Waals surface area (Å²) in [5, 5.41) is 6.68. The lowest BCUT2D eigenvalue weighted by atomic mass is 10.1. The van der Waals surface area contributed by atoms with Crippen LogP contribution in [0.5, 0.6) is 0 Å². The average molecular weight is 373 g/mol. The van der Waals surface area contributed by atoms with Crippen molar-refractivity contribution in [1.82, 2.24) is 24.7 Å². The predicted octanol–water partition coefficient (Wildman–Crippen LogP) is 0.801. The van der Waals surface area contributed by atoms with E-state index in [0.717, 1.165) is 6.42 Å². The Bertz CT molecular complexity index is 682. The maximum atomic E-state index is 12.1. The Morgan fingerprint density at radius 2 is 2.12 bits per heavy atom. The Balaban J connectivity index is 1.91. The molecule has 0 aromatic carbocycles. The minimum Gasteiger partial charge on any atom is -0.339 e. The fourth-order valence-corrected chi connectivity index (χ4v) is 3.68. The van der Waals surface area contributed by atoms with Crippen molar-refractivity contribution >= 4 is 16.1 Å². The first-order valence-corrected chi connectivity index (χ1v) is 10.4. The molecule has 0 unspecified atom stereocenters. The van der Waals surface area contributed by atoms with Gasteiger partial charge in [0.2, 0.25) is 15.9 Å². The number of sulfonamides is 1. The third kappa shape index (κ3) is 5.15. The van der Waals surface area contributed by atoms with E-state index in [1.54, 1.807) is 4.90 Å². The summed E-state index contributed by atoms with van der Waals surface area (Å²) in [6, 6.07) is -0.356. The molecule has 0 bridgehead atoms. The van der Waals surface area contributed by atoms with Gasteiger partial charge in [-0.05, 0) is 6.42 Å². The molecule has 2 heterocycles. The Kier molecular flexibility index (Phi) is 6.39. The van der Waals surface area contributed by atoms with Gasteiger partial charge in [0.25, 0.3) is 0 Å². The highest BCUT2D eigenvalue weighted by molar-refractivity contribution is 7.88. The van der Waals surface area contributed by atoms with Crippen LogP contribution in [0.2, 0.25) is 0 Å². The van der Waals surface area contributed by atoms with Crippen molar-refractivity contribution in [2.24, 2.45) is 0 Å². The van der Waals surface area contributed by atoms with Crippen LogP contribution >= 0.6 is 0 Å². The molecule has 10 heteroatoms. The summed E-state index contributed by atoms with van der Waals surface area (Å²) in [5.74, 6) is 1.17. The minimum atomic E-state index is -3.38. The van der Waals surface area contributed by atoms with Crippen molar-refractivity contribution in [1.29, 1.82) is 0 Å². The van der Waals surface area contributed by atoms with Gasteiger partial charge in [-0.2, -0.15) is 9.29 Å². The van der Waals surface area contributed by atoms with E-state index >= 15 is 0 Å². The zero-order valence-electron chi connectivity index (χ0n) is 15.2. The number of carbonyl (C=O) groups excluding carboxylic acids is 1. The molecule has 25 heavy (non-hydrogen) atoms. The molecule has 0 atom stereocenters. The van der Waals surface area contributed by atoms with Gasteiger partial charge < -0.3 is 14.7 Å². The second kappa shape index (κ2) is 8.13. The van der Waals surface area contributed by atoms with Crippen LogP contribution in [0.4, 0.5) is 4.79 Å². The van der Waals surface area contributed by atoms with Crippen LogP contribution in [0.1, 0.15) is 44.8 Å². The van der Waals surface area contributed by atoms with Crippen molar-refractivity contribution in [3.63, 3.8) is 0 Å². The van der Waals surface area contributed by atoms with Crippen molar-refractivity contribution in [3.05, 3.63) is 11.7 Å². The summed E-state index contributed by atoms with van der Waals surface area (Å²) in [6.07, 6.45) is 2.42. The van der Waals surface area contributed by atoms with E-state index in [4.69, 9.17) is 4.52 Å². The van der Waals surface area contributed by atoms with Gasteiger partial charge in [-0.15, -0.1) is 0 Å². The van der Waals surface area contributed by atoms with Gasteiger partial charge in [0, 0.05) is 38.5 Å². The van der Waals surface area contributed by atoms with Gasteiger partial charge in [0.05, 0.1) is 12.3 Å². The van der Waals surface area contributed by atoms with E-state index < -0.39 is 10.0 Å². The van der Waals surface area contributed by atoms with Crippen LogP contribution in [-0.2, 0) is 16.4 Å². The van der Waals surface area contributed by atoms with E-state index in [0.29, 0.717) is 37.8 Å². The first-order chi connectivity index (χ1) is 11.7. The number of hydrogen-bond acceptors (Lipinski definition) is 6. The average Bonchev–Trinajstić information content (AvgIpc) is 2.94. The summed E-state index contributed by atoms with van der Waals surface area (Å²) >= 11 is 0. The molecular weight excluding hydrogens is 346 g/mol. The fourth-order valence-electron chi connectivity index (χ4n) is 2.58. The quantitative estimate of drug-likeness (QED) is 0.722. The third-order valence-corrected chi connectivity index (χ3v) is 5.38. The molecule has 2 amide bonds. The molecule has 142 valence electrons. The smallest absolute Gasteiger partial charge is 0.317 e. The van der Waals surface area contributed by atoms with Gasteiger partial charge in [-0.25, -0.2) is 13.2 Å². The summed E-state index contributed by atoms with van der Waals surface area (Å²) in [7, 11) is -3.38. The van der Waals surface area contributed by atoms with E-state index in [2.05, 4.69) is 15.5 Å². The molecule has 1 fully saturated rings. The molecule has 1 aliphatic heterocycles. The monoisotopic (exact) mass is 373 g/mol. The standard InChI is InChI=1S/C15H27N5O4S/c1-5-7-16-15(21)19-9-12(10-19)20(25(4,22)23)8-6-13-17-14(11(2)3)24-18-13/h11-12H,5-10H2,1-4H3,(H,16,21). The van der Waals surface area contributed by atoms with Gasteiger partial charge in [0.1, 0.15) is 0 Å². The van der Waals surface area contributed by atoms with Crippen molar-refractivity contribution in [2.75, 3.05) is 32.4 Å². The SMILES string of the molecule is CCCNC(=O)N1CC(N(CCc2noc(C(C)C)n2)S(C)(=O)=O)C1. The van der Waals surface area contributed by atoms with Gasteiger partial charge in [0.15, 0.2) is 5.82 Å². The van der Waals surface area contributed by atoms with Crippen molar-refractivity contribution < 1.29 is 17.7 Å². The second-order valence-electron chi connectivity index (χ2n) is 6.62. The van der Waals surface area contributed by atoms with E-state index in [1.165, 1.54) is 10.6 Å². The van der Waals surface area contributed by atoms with Crippen LogP contribution in [0.3, 0.4) is 0 Å². The van der Waals surface area contributed by atoms with Crippen molar-refractivity contribution in [2.45, 2.75) is 45.6 Å². The topological polar surface area (TPSA) is 109 Å². The van der Waals surface area contributed by atoms with Crippen LogP contribution in [0.25, 0.3) is 0 Å². The number of urea groups is 1. The molecule has 0 spiro atoms. The molecule has 2 rings (SSSR count). The number of hydrogen-bond donors (Lipinski definition) is 1. The summed E-state index contributed by atoms with van der Waals surface area (Å²) in [6.45, 7) is 7.56. The normalized spacial score (nSPS) is 15.7. The Labute approximate surface area is 148 Å². The lowest BCUT2D eigenvalue weighted by Gasteiger charge is -2.44. The zero-order chi connectivity index (χ0) is 18.6. The fraction of sp³-hybridized carbons (Fsp3) is 0.800. The molecule has 0 aliphatic carbocycles. The first kappa shape index (κ1) is 19.6. The van der Waals surface area contributed by atoms with Crippen LogP contribution in [0, 0.1) is 0 Å². The predicted molar refractivity (Wildman–Crippen MR) is 92.7 cm³/mol. The Hall–Kier alpha value is -1.68. The van der Waals surface area contributed by atoms with Crippen LogP contribution < -0.4 is 5.32 Å². The van der Waals surface area contributed by atoms with Crippen LogP contribution in [0.15, 0.2) is 4.52 Å². The molecule has 1 aliphatic rings. The number of likely N-dealkylation sites (tertiary alicyclic amines) is 1. The largest absolute Gasteiger partial charge is 0.339 e.